The van der Waals surface area contributed by atoms with Crippen molar-refractivity contribution in [2.24, 2.45) is 0 Å². The Hall–Kier alpha value is -2.36. The maximum Gasteiger partial charge on any atom is 0.231 e. The molecule has 102 valence electrons. The van der Waals surface area contributed by atoms with E-state index < -0.39 is 0 Å². The van der Waals surface area contributed by atoms with Gasteiger partial charge < -0.3 is 19.3 Å². The van der Waals surface area contributed by atoms with Gasteiger partial charge in [-0.3, -0.25) is 0 Å². The highest BCUT2D eigenvalue weighted by Gasteiger charge is 2.24. The van der Waals surface area contributed by atoms with Crippen LogP contribution in [0, 0.1) is 0 Å². The molecule has 0 bridgehead atoms. The Morgan fingerprint density at radius 3 is 2.80 bits per heavy atom. The van der Waals surface area contributed by atoms with Crippen molar-refractivity contribution in [1.82, 2.24) is 0 Å². The molecule has 0 aromatic heterocycles. The van der Waals surface area contributed by atoms with E-state index in [9.17, 15) is 5.11 Å². The van der Waals surface area contributed by atoms with E-state index in [-0.39, 0.29) is 18.6 Å². The Balaban J connectivity index is 1.64. The molecule has 0 amide bonds. The fourth-order valence-electron chi connectivity index (χ4n) is 2.71. The zero-order valence-electron chi connectivity index (χ0n) is 10.8. The number of aryl methyl sites for hydroxylation is 1. The highest BCUT2D eigenvalue weighted by atomic mass is 16.7. The van der Waals surface area contributed by atoms with Gasteiger partial charge in [0.15, 0.2) is 11.5 Å². The second-order valence-electron chi connectivity index (χ2n) is 5.05. The van der Waals surface area contributed by atoms with Gasteiger partial charge in [0, 0.05) is 6.07 Å². The number of rotatable bonds is 1. The summed E-state index contributed by atoms with van der Waals surface area (Å²) in [5, 5.41) is 9.56. The number of ether oxygens (including phenoxy) is 3. The molecule has 0 spiro atoms. The van der Waals surface area contributed by atoms with E-state index in [0.29, 0.717) is 0 Å². The van der Waals surface area contributed by atoms with E-state index in [1.807, 2.05) is 24.3 Å². The molecule has 0 saturated heterocycles. The van der Waals surface area contributed by atoms with E-state index in [1.54, 1.807) is 12.1 Å². The molecule has 2 aliphatic heterocycles. The topological polar surface area (TPSA) is 47.9 Å². The SMILES string of the molecule is Oc1ccc2c(c1)O[C@H](c1ccc3c(c1)OCO3)CC2. The number of fused-ring (bicyclic) bond motifs is 2. The molecule has 2 aliphatic rings. The van der Waals surface area contributed by atoms with Crippen molar-refractivity contribution < 1.29 is 19.3 Å². The molecule has 0 radical (unpaired) electrons. The predicted molar refractivity (Wildman–Crippen MR) is 72.4 cm³/mol. The predicted octanol–water partition coefficient (Wildman–Crippen LogP) is 3.19. The second kappa shape index (κ2) is 4.34. The molecular weight excluding hydrogens is 256 g/mol. The van der Waals surface area contributed by atoms with E-state index in [2.05, 4.69) is 0 Å². The molecule has 0 unspecified atom stereocenters. The lowest BCUT2D eigenvalue weighted by Gasteiger charge is -2.26. The average Bonchev–Trinajstić information content (AvgIpc) is 2.93. The summed E-state index contributed by atoms with van der Waals surface area (Å²) in [6, 6.07) is 11.2. The molecule has 0 fully saturated rings. The van der Waals surface area contributed by atoms with Crippen molar-refractivity contribution in [3.63, 3.8) is 0 Å². The summed E-state index contributed by atoms with van der Waals surface area (Å²) < 4.78 is 16.7. The molecule has 4 heteroatoms. The van der Waals surface area contributed by atoms with E-state index in [0.717, 1.165) is 41.2 Å². The van der Waals surface area contributed by atoms with E-state index in [1.165, 1.54) is 0 Å². The van der Waals surface area contributed by atoms with Gasteiger partial charge in [-0.25, -0.2) is 0 Å². The Labute approximate surface area is 116 Å². The maximum atomic E-state index is 9.56. The standard InChI is InChI=1S/C16H14O4/c17-12-4-1-10-2-5-13(20-15(10)8-12)11-3-6-14-16(7-11)19-9-18-14/h1,3-4,6-8,13,17H,2,5,9H2/t13-/m0/s1. The van der Waals surface area contributed by atoms with Gasteiger partial charge in [0.1, 0.15) is 17.6 Å². The van der Waals surface area contributed by atoms with Crippen LogP contribution in [0.3, 0.4) is 0 Å². The Kier molecular flexibility index (Phi) is 2.49. The third-order valence-corrected chi connectivity index (χ3v) is 3.76. The molecule has 2 aromatic rings. The summed E-state index contributed by atoms with van der Waals surface area (Å²) in [4.78, 5) is 0. The molecule has 1 atom stereocenters. The molecule has 4 rings (SSSR count). The van der Waals surface area contributed by atoms with Crippen molar-refractivity contribution in [2.75, 3.05) is 6.79 Å². The van der Waals surface area contributed by atoms with Crippen molar-refractivity contribution in [3.8, 4) is 23.0 Å². The first-order valence-electron chi connectivity index (χ1n) is 6.68. The molecule has 2 aromatic carbocycles. The average molecular weight is 270 g/mol. The van der Waals surface area contributed by atoms with Crippen molar-refractivity contribution in [3.05, 3.63) is 47.5 Å². The normalized spacial score (nSPS) is 19.3. The van der Waals surface area contributed by atoms with Gasteiger partial charge in [-0.05, 0) is 42.2 Å². The molecule has 0 aliphatic carbocycles. The zero-order chi connectivity index (χ0) is 13.5. The van der Waals surface area contributed by atoms with Crippen molar-refractivity contribution in [1.29, 1.82) is 0 Å². The minimum Gasteiger partial charge on any atom is -0.508 e. The molecule has 20 heavy (non-hydrogen) atoms. The monoisotopic (exact) mass is 270 g/mol. The summed E-state index contributed by atoms with van der Waals surface area (Å²) in [7, 11) is 0. The van der Waals surface area contributed by atoms with Gasteiger partial charge >= 0.3 is 0 Å². The third kappa shape index (κ3) is 1.84. The quantitative estimate of drug-likeness (QED) is 0.864. The fraction of sp³-hybridized carbons (Fsp3) is 0.250. The lowest BCUT2D eigenvalue weighted by atomic mass is 9.97. The summed E-state index contributed by atoms with van der Waals surface area (Å²) >= 11 is 0. The number of phenols is 1. The van der Waals surface area contributed by atoms with Gasteiger partial charge in [0.2, 0.25) is 6.79 Å². The van der Waals surface area contributed by atoms with Crippen LogP contribution in [0.5, 0.6) is 23.0 Å². The number of aromatic hydroxyl groups is 1. The summed E-state index contributed by atoms with van der Waals surface area (Å²) in [5.74, 6) is 2.55. The molecule has 4 nitrogen and oxygen atoms in total. The minimum absolute atomic E-state index is 0.0150. The van der Waals surface area contributed by atoms with E-state index in [4.69, 9.17) is 14.2 Å². The molecule has 0 saturated carbocycles. The molecular formula is C16H14O4. The summed E-state index contributed by atoms with van der Waals surface area (Å²) in [6.07, 6.45) is 1.84. The fourth-order valence-corrected chi connectivity index (χ4v) is 2.71. The second-order valence-corrected chi connectivity index (χ2v) is 5.05. The van der Waals surface area contributed by atoms with Crippen LogP contribution in [-0.4, -0.2) is 11.9 Å². The highest BCUT2D eigenvalue weighted by molar-refractivity contribution is 5.47. The lowest BCUT2D eigenvalue weighted by molar-refractivity contribution is 0.171. The Bertz CT molecular complexity index is 666. The minimum atomic E-state index is -0.0150. The summed E-state index contributed by atoms with van der Waals surface area (Å²) in [6.45, 7) is 0.279. The number of benzene rings is 2. The molecule has 1 N–H and O–H groups in total. The highest BCUT2D eigenvalue weighted by Crippen LogP contribution is 2.40. The first-order chi connectivity index (χ1) is 9.79. The van der Waals surface area contributed by atoms with Gasteiger partial charge in [-0.2, -0.15) is 0 Å². The van der Waals surface area contributed by atoms with Crippen molar-refractivity contribution >= 4 is 0 Å². The first kappa shape index (κ1) is 11.5. The van der Waals surface area contributed by atoms with Crippen LogP contribution in [-0.2, 0) is 6.42 Å². The van der Waals surface area contributed by atoms with Gasteiger partial charge in [-0.15, -0.1) is 0 Å². The van der Waals surface area contributed by atoms with Crippen molar-refractivity contribution in [2.45, 2.75) is 18.9 Å². The van der Waals surface area contributed by atoms with E-state index >= 15 is 0 Å². The lowest BCUT2D eigenvalue weighted by Crippen LogP contribution is -2.14. The number of hydrogen-bond acceptors (Lipinski definition) is 4. The van der Waals surface area contributed by atoms with Gasteiger partial charge in [0.05, 0.1) is 0 Å². The van der Waals surface area contributed by atoms with Crippen LogP contribution in [0.25, 0.3) is 0 Å². The van der Waals surface area contributed by atoms with Gasteiger partial charge in [-0.1, -0.05) is 12.1 Å². The Morgan fingerprint density at radius 2 is 1.85 bits per heavy atom. The summed E-state index contributed by atoms with van der Waals surface area (Å²) in [5.41, 5.74) is 2.21. The third-order valence-electron chi connectivity index (χ3n) is 3.76. The van der Waals surface area contributed by atoms with Crippen LogP contribution in [0.1, 0.15) is 23.7 Å². The van der Waals surface area contributed by atoms with Crippen LogP contribution in [0.15, 0.2) is 36.4 Å². The van der Waals surface area contributed by atoms with Crippen LogP contribution in [0.2, 0.25) is 0 Å². The number of hydrogen-bond donors (Lipinski definition) is 1. The zero-order valence-corrected chi connectivity index (χ0v) is 10.8. The Morgan fingerprint density at radius 1 is 0.950 bits per heavy atom. The number of phenolic OH excluding ortho intramolecular Hbond substituents is 1. The molecule has 2 heterocycles. The maximum absolute atomic E-state index is 9.56. The van der Waals surface area contributed by atoms with Gasteiger partial charge in [0.25, 0.3) is 0 Å². The first-order valence-corrected chi connectivity index (χ1v) is 6.68. The van der Waals surface area contributed by atoms with Crippen LogP contribution < -0.4 is 14.2 Å². The van der Waals surface area contributed by atoms with Crippen LogP contribution in [0.4, 0.5) is 0 Å². The van der Waals surface area contributed by atoms with Crippen LogP contribution >= 0.6 is 0 Å². The largest absolute Gasteiger partial charge is 0.508 e. The smallest absolute Gasteiger partial charge is 0.231 e.